The van der Waals surface area contributed by atoms with E-state index in [0.717, 1.165) is 0 Å². The molecule has 0 aromatic carbocycles. The number of aliphatic hydroxyl groups is 1. The van der Waals surface area contributed by atoms with Crippen molar-refractivity contribution >= 4 is 5.97 Å². The van der Waals surface area contributed by atoms with Crippen molar-refractivity contribution in [3.8, 4) is 0 Å². The highest BCUT2D eigenvalue weighted by Gasteiger charge is 2.36. The minimum Gasteiger partial charge on any atom is -0.480 e. The molecule has 5 heteroatoms. The molecular formula is C5H8FNO3. The molecule has 0 saturated carbocycles. The Morgan fingerprint density at radius 2 is 2.30 bits per heavy atom. The Bertz CT molecular complexity index is 152. The van der Waals surface area contributed by atoms with Crippen molar-refractivity contribution < 1.29 is 19.5 Å². The first-order valence-electron chi connectivity index (χ1n) is 2.94. The lowest BCUT2D eigenvalue weighted by Crippen LogP contribution is -2.29. The summed E-state index contributed by atoms with van der Waals surface area (Å²) >= 11 is 0. The molecule has 10 heavy (non-hydrogen) atoms. The molecule has 2 N–H and O–H groups in total. The number of rotatable bonds is 1. The van der Waals surface area contributed by atoms with Crippen LogP contribution in [0.25, 0.3) is 0 Å². The molecule has 2 atom stereocenters. The Morgan fingerprint density at radius 3 is 2.50 bits per heavy atom. The maximum Gasteiger partial charge on any atom is 0.323 e. The second-order valence-electron chi connectivity index (χ2n) is 2.33. The van der Waals surface area contributed by atoms with Gasteiger partial charge in [0.25, 0.3) is 0 Å². The zero-order valence-electron chi connectivity index (χ0n) is 5.20. The van der Waals surface area contributed by atoms with Gasteiger partial charge in [-0.3, -0.25) is 4.79 Å². The predicted octanol–water partition coefficient (Wildman–Crippen LogP) is -0.609. The van der Waals surface area contributed by atoms with Gasteiger partial charge in [-0.2, -0.15) is 0 Å². The van der Waals surface area contributed by atoms with Crippen LogP contribution in [0.1, 0.15) is 6.42 Å². The van der Waals surface area contributed by atoms with Crippen molar-refractivity contribution in [1.82, 2.24) is 5.12 Å². The van der Waals surface area contributed by atoms with Crippen molar-refractivity contribution in [3.63, 3.8) is 0 Å². The fourth-order valence-electron chi connectivity index (χ4n) is 0.996. The lowest BCUT2D eigenvalue weighted by molar-refractivity contribution is -0.148. The van der Waals surface area contributed by atoms with E-state index in [-0.39, 0.29) is 18.1 Å². The smallest absolute Gasteiger partial charge is 0.323 e. The highest BCUT2D eigenvalue weighted by molar-refractivity contribution is 5.73. The SMILES string of the molecule is O=C(O)[C@@H]1CC(O)CN1F. The third-order valence-electron chi connectivity index (χ3n) is 1.50. The molecule has 1 heterocycles. The van der Waals surface area contributed by atoms with E-state index >= 15 is 0 Å². The summed E-state index contributed by atoms with van der Waals surface area (Å²) in [7, 11) is 0. The first-order valence-corrected chi connectivity index (χ1v) is 2.94. The normalized spacial score (nSPS) is 34.6. The molecular weight excluding hydrogens is 141 g/mol. The lowest BCUT2D eigenvalue weighted by atomic mass is 10.2. The number of aliphatic hydroxyl groups excluding tert-OH is 1. The Balaban J connectivity index is 2.54. The first kappa shape index (κ1) is 7.43. The molecule has 1 aliphatic rings. The average Bonchev–Trinajstić information content (AvgIpc) is 2.10. The topological polar surface area (TPSA) is 60.8 Å². The van der Waals surface area contributed by atoms with E-state index in [2.05, 4.69) is 0 Å². The minimum absolute atomic E-state index is 0.0220. The van der Waals surface area contributed by atoms with Crippen LogP contribution in [0.5, 0.6) is 0 Å². The van der Waals surface area contributed by atoms with Gasteiger partial charge in [0.2, 0.25) is 0 Å². The molecule has 1 saturated heterocycles. The number of halogens is 1. The minimum atomic E-state index is -1.22. The van der Waals surface area contributed by atoms with Crippen molar-refractivity contribution in [2.75, 3.05) is 6.54 Å². The maximum atomic E-state index is 12.4. The summed E-state index contributed by atoms with van der Waals surface area (Å²) in [5, 5.41) is 17.2. The molecule has 1 aliphatic heterocycles. The number of β-amino-alcohol motifs (C(OH)–C–C–N with tert-alkyl or cyclic N) is 1. The summed E-state index contributed by atoms with van der Waals surface area (Å²) < 4.78 is 12.4. The van der Waals surface area contributed by atoms with Crippen LogP contribution in [0.2, 0.25) is 0 Å². The summed E-state index contributed by atoms with van der Waals surface area (Å²) in [6, 6.07) is -1.16. The van der Waals surface area contributed by atoms with Gasteiger partial charge < -0.3 is 10.2 Å². The molecule has 0 aliphatic carbocycles. The van der Waals surface area contributed by atoms with E-state index in [4.69, 9.17) is 10.2 Å². The molecule has 0 amide bonds. The summed E-state index contributed by atoms with van der Waals surface area (Å²) in [4.78, 5) is 10.2. The molecule has 58 valence electrons. The summed E-state index contributed by atoms with van der Waals surface area (Å²) in [6.07, 6.45) is -0.864. The third kappa shape index (κ3) is 1.25. The van der Waals surface area contributed by atoms with E-state index in [1.54, 1.807) is 0 Å². The molecule has 1 rings (SSSR count). The Hall–Kier alpha value is -0.680. The standard InChI is InChI=1S/C5H8FNO3/c6-7-2-3(8)1-4(7)5(9)10/h3-4,8H,1-2H2,(H,9,10)/t3?,4-/m0/s1. The number of nitrogens with zero attached hydrogens (tertiary/aromatic N) is 1. The van der Waals surface area contributed by atoms with Crippen molar-refractivity contribution in [1.29, 1.82) is 0 Å². The Labute approximate surface area is 56.8 Å². The van der Waals surface area contributed by atoms with Gasteiger partial charge in [0.15, 0.2) is 0 Å². The maximum absolute atomic E-state index is 12.4. The molecule has 4 nitrogen and oxygen atoms in total. The van der Waals surface area contributed by atoms with Crippen molar-refractivity contribution in [3.05, 3.63) is 0 Å². The van der Waals surface area contributed by atoms with E-state index < -0.39 is 18.1 Å². The highest BCUT2D eigenvalue weighted by Crippen LogP contribution is 2.17. The van der Waals surface area contributed by atoms with E-state index in [9.17, 15) is 9.28 Å². The van der Waals surface area contributed by atoms with E-state index in [1.807, 2.05) is 0 Å². The van der Waals surface area contributed by atoms with Gasteiger partial charge in [-0.25, -0.2) is 0 Å². The fraction of sp³-hybridized carbons (Fsp3) is 0.800. The highest BCUT2D eigenvalue weighted by atomic mass is 19.2. The van der Waals surface area contributed by atoms with Crippen LogP contribution < -0.4 is 0 Å². The molecule has 0 aromatic rings. The fourth-order valence-corrected chi connectivity index (χ4v) is 0.996. The van der Waals surface area contributed by atoms with Gasteiger partial charge in [0.1, 0.15) is 6.04 Å². The number of aliphatic carboxylic acids is 1. The number of carboxylic acid groups (broad SMARTS) is 1. The van der Waals surface area contributed by atoms with Crippen molar-refractivity contribution in [2.45, 2.75) is 18.6 Å². The van der Waals surface area contributed by atoms with Gasteiger partial charge in [-0.1, -0.05) is 0 Å². The Kier molecular flexibility index (Phi) is 1.87. The van der Waals surface area contributed by atoms with Crippen LogP contribution in [0, 0.1) is 0 Å². The number of hydrogen-bond acceptors (Lipinski definition) is 3. The molecule has 1 unspecified atom stereocenters. The molecule has 0 aromatic heterocycles. The monoisotopic (exact) mass is 149 g/mol. The number of hydrogen-bond donors (Lipinski definition) is 2. The van der Waals surface area contributed by atoms with E-state index in [1.165, 1.54) is 0 Å². The number of carboxylic acids is 1. The first-order chi connectivity index (χ1) is 4.61. The van der Waals surface area contributed by atoms with Crippen LogP contribution in [0.15, 0.2) is 0 Å². The molecule has 0 spiro atoms. The van der Waals surface area contributed by atoms with Gasteiger partial charge in [0, 0.05) is 6.42 Å². The van der Waals surface area contributed by atoms with Gasteiger partial charge >= 0.3 is 5.97 Å². The Morgan fingerprint density at radius 1 is 1.70 bits per heavy atom. The molecule has 1 fully saturated rings. The van der Waals surface area contributed by atoms with Crippen LogP contribution in [-0.2, 0) is 4.79 Å². The zero-order valence-corrected chi connectivity index (χ0v) is 5.20. The quantitative estimate of drug-likeness (QED) is 0.488. The van der Waals surface area contributed by atoms with E-state index in [0.29, 0.717) is 0 Å². The molecule has 0 bridgehead atoms. The van der Waals surface area contributed by atoms with Crippen LogP contribution in [0.4, 0.5) is 4.48 Å². The predicted molar refractivity (Wildman–Crippen MR) is 29.9 cm³/mol. The largest absolute Gasteiger partial charge is 0.480 e. The zero-order chi connectivity index (χ0) is 7.72. The second-order valence-corrected chi connectivity index (χ2v) is 2.33. The summed E-state index contributed by atoms with van der Waals surface area (Å²) in [5.74, 6) is -1.22. The number of carbonyl (C=O) groups is 1. The summed E-state index contributed by atoms with van der Waals surface area (Å²) in [6.45, 7) is -0.197. The third-order valence-corrected chi connectivity index (χ3v) is 1.50. The average molecular weight is 149 g/mol. The van der Waals surface area contributed by atoms with Crippen molar-refractivity contribution in [2.24, 2.45) is 0 Å². The second kappa shape index (κ2) is 2.51. The molecule has 0 radical (unpaired) electrons. The van der Waals surface area contributed by atoms with Gasteiger partial charge in [-0.15, -0.1) is 9.60 Å². The van der Waals surface area contributed by atoms with Crippen LogP contribution in [-0.4, -0.2) is 40.0 Å². The summed E-state index contributed by atoms with van der Waals surface area (Å²) in [5.41, 5.74) is 0. The van der Waals surface area contributed by atoms with Gasteiger partial charge in [-0.05, 0) is 0 Å². The van der Waals surface area contributed by atoms with Crippen LogP contribution in [0.3, 0.4) is 0 Å². The van der Waals surface area contributed by atoms with Gasteiger partial charge in [0.05, 0.1) is 12.6 Å². The lowest BCUT2D eigenvalue weighted by Gasteiger charge is -2.07. The van der Waals surface area contributed by atoms with Crippen LogP contribution >= 0.6 is 0 Å².